The molecule has 150 valence electrons. The van der Waals surface area contributed by atoms with Crippen LogP contribution < -0.4 is 10.6 Å². The fourth-order valence-electron chi connectivity index (χ4n) is 2.68. The fourth-order valence-corrected chi connectivity index (χ4v) is 2.68. The van der Waals surface area contributed by atoms with Gasteiger partial charge in [0, 0.05) is 11.3 Å². The van der Waals surface area contributed by atoms with Crippen LogP contribution in [0, 0.1) is 0 Å². The monoisotopic (exact) mass is 404 g/mol. The standard InChI is InChI=1S/C22H16N2O6/c25-18-8-4-3-7-17(18)21(28)24-19(26)13-9-11-14(12-10-13)23-20(27)15-5-1-2-6-16(15)22(29)30/h1-12,25H,(H,23,27)(H,29,30)(H,24,26,28). The van der Waals surface area contributed by atoms with Gasteiger partial charge in [0.05, 0.1) is 16.7 Å². The molecule has 0 spiro atoms. The number of phenolic OH excluding ortho intramolecular Hbond substituents is 1. The molecule has 0 aliphatic carbocycles. The topological polar surface area (TPSA) is 133 Å². The van der Waals surface area contributed by atoms with E-state index in [1.165, 1.54) is 54.6 Å². The number of imide groups is 1. The highest BCUT2D eigenvalue weighted by Crippen LogP contribution is 2.17. The summed E-state index contributed by atoms with van der Waals surface area (Å²) < 4.78 is 0. The molecule has 0 aliphatic rings. The third-order valence-electron chi connectivity index (χ3n) is 4.18. The Hall–Kier alpha value is -4.46. The minimum atomic E-state index is -1.22. The summed E-state index contributed by atoms with van der Waals surface area (Å²) in [6, 6.07) is 17.3. The van der Waals surface area contributed by atoms with Crippen molar-refractivity contribution in [2.24, 2.45) is 0 Å². The van der Waals surface area contributed by atoms with E-state index in [0.29, 0.717) is 5.69 Å². The second-order valence-electron chi connectivity index (χ2n) is 6.18. The number of amides is 3. The summed E-state index contributed by atoms with van der Waals surface area (Å²) in [4.78, 5) is 48.0. The highest BCUT2D eigenvalue weighted by Gasteiger charge is 2.17. The summed E-state index contributed by atoms with van der Waals surface area (Å²) in [5.41, 5.74) is 0.326. The highest BCUT2D eigenvalue weighted by atomic mass is 16.4. The van der Waals surface area contributed by atoms with Crippen molar-refractivity contribution in [3.05, 3.63) is 95.1 Å². The Morgan fingerprint density at radius 3 is 1.80 bits per heavy atom. The summed E-state index contributed by atoms with van der Waals surface area (Å²) in [7, 11) is 0. The lowest BCUT2D eigenvalue weighted by Gasteiger charge is -2.09. The number of para-hydroxylation sites is 1. The Balaban J connectivity index is 1.68. The van der Waals surface area contributed by atoms with E-state index >= 15 is 0 Å². The van der Waals surface area contributed by atoms with Crippen LogP contribution in [-0.2, 0) is 0 Å². The van der Waals surface area contributed by atoms with Crippen molar-refractivity contribution in [1.82, 2.24) is 5.32 Å². The van der Waals surface area contributed by atoms with Crippen LogP contribution in [0.4, 0.5) is 5.69 Å². The van der Waals surface area contributed by atoms with Gasteiger partial charge in [0.15, 0.2) is 0 Å². The SMILES string of the molecule is O=C(NC(=O)c1ccccc1O)c1ccc(NC(=O)c2ccccc2C(=O)O)cc1. The predicted molar refractivity (Wildman–Crippen MR) is 108 cm³/mol. The minimum Gasteiger partial charge on any atom is -0.507 e. The molecule has 0 aliphatic heterocycles. The van der Waals surface area contributed by atoms with Crippen LogP contribution in [0.5, 0.6) is 5.75 Å². The van der Waals surface area contributed by atoms with E-state index in [4.69, 9.17) is 0 Å². The first-order valence-electron chi connectivity index (χ1n) is 8.74. The molecule has 0 fully saturated rings. The van der Waals surface area contributed by atoms with E-state index in [1.54, 1.807) is 18.2 Å². The van der Waals surface area contributed by atoms with E-state index in [1.807, 2.05) is 0 Å². The molecular weight excluding hydrogens is 388 g/mol. The number of rotatable bonds is 5. The maximum Gasteiger partial charge on any atom is 0.336 e. The molecule has 3 aromatic rings. The largest absolute Gasteiger partial charge is 0.507 e. The summed E-state index contributed by atoms with van der Waals surface area (Å²) in [5.74, 6) is -3.51. The van der Waals surface area contributed by atoms with Crippen molar-refractivity contribution in [2.75, 3.05) is 5.32 Å². The van der Waals surface area contributed by atoms with Crippen molar-refractivity contribution in [3.63, 3.8) is 0 Å². The number of aromatic hydroxyl groups is 1. The normalized spacial score (nSPS) is 10.1. The van der Waals surface area contributed by atoms with Gasteiger partial charge in [0.25, 0.3) is 17.7 Å². The molecule has 0 bridgehead atoms. The van der Waals surface area contributed by atoms with Crippen molar-refractivity contribution >= 4 is 29.4 Å². The third-order valence-corrected chi connectivity index (χ3v) is 4.18. The zero-order chi connectivity index (χ0) is 21.7. The number of anilines is 1. The summed E-state index contributed by atoms with van der Waals surface area (Å²) in [5, 5.41) is 23.6. The van der Waals surface area contributed by atoms with Crippen LogP contribution in [0.1, 0.15) is 41.4 Å². The molecule has 0 unspecified atom stereocenters. The lowest BCUT2D eigenvalue weighted by atomic mass is 10.1. The van der Waals surface area contributed by atoms with Crippen molar-refractivity contribution in [2.45, 2.75) is 0 Å². The summed E-state index contributed by atoms with van der Waals surface area (Å²) in [6.07, 6.45) is 0. The molecule has 8 heteroatoms. The van der Waals surface area contributed by atoms with Gasteiger partial charge in [-0.25, -0.2) is 4.79 Å². The first-order chi connectivity index (χ1) is 14.4. The van der Waals surface area contributed by atoms with Gasteiger partial charge < -0.3 is 15.5 Å². The summed E-state index contributed by atoms with van der Waals surface area (Å²) >= 11 is 0. The zero-order valence-corrected chi connectivity index (χ0v) is 15.5. The van der Waals surface area contributed by atoms with Crippen molar-refractivity contribution < 1.29 is 29.4 Å². The van der Waals surface area contributed by atoms with Gasteiger partial charge in [-0.15, -0.1) is 0 Å². The Bertz CT molecular complexity index is 1140. The number of carbonyl (C=O) groups excluding carboxylic acids is 3. The first kappa shape index (κ1) is 20.3. The van der Waals surface area contributed by atoms with Crippen LogP contribution in [0.15, 0.2) is 72.8 Å². The fraction of sp³-hybridized carbons (Fsp3) is 0. The molecule has 3 rings (SSSR count). The number of hydrogen-bond acceptors (Lipinski definition) is 5. The second kappa shape index (κ2) is 8.70. The van der Waals surface area contributed by atoms with Gasteiger partial charge in [-0.05, 0) is 48.5 Å². The maximum atomic E-state index is 12.4. The average Bonchev–Trinajstić information content (AvgIpc) is 2.74. The molecule has 0 heterocycles. The Morgan fingerprint density at radius 1 is 0.633 bits per heavy atom. The van der Waals surface area contributed by atoms with Gasteiger partial charge in [-0.1, -0.05) is 24.3 Å². The van der Waals surface area contributed by atoms with E-state index < -0.39 is 23.7 Å². The number of carboxylic acid groups (broad SMARTS) is 1. The Labute approximate surface area is 170 Å². The van der Waals surface area contributed by atoms with Crippen LogP contribution >= 0.6 is 0 Å². The van der Waals surface area contributed by atoms with Crippen LogP contribution in [0.25, 0.3) is 0 Å². The van der Waals surface area contributed by atoms with E-state index in [0.717, 1.165) is 0 Å². The van der Waals surface area contributed by atoms with Gasteiger partial charge in [0.1, 0.15) is 5.75 Å². The number of phenols is 1. The zero-order valence-electron chi connectivity index (χ0n) is 15.5. The second-order valence-corrected chi connectivity index (χ2v) is 6.18. The van der Waals surface area contributed by atoms with Crippen molar-refractivity contribution in [3.8, 4) is 5.75 Å². The van der Waals surface area contributed by atoms with E-state index in [9.17, 15) is 29.4 Å². The number of benzene rings is 3. The molecule has 3 aromatic carbocycles. The van der Waals surface area contributed by atoms with E-state index in [2.05, 4.69) is 10.6 Å². The number of hydrogen-bond donors (Lipinski definition) is 4. The molecule has 8 nitrogen and oxygen atoms in total. The van der Waals surface area contributed by atoms with Crippen LogP contribution in [0.3, 0.4) is 0 Å². The molecule has 0 saturated carbocycles. The quantitative estimate of drug-likeness (QED) is 0.483. The number of carbonyl (C=O) groups is 4. The van der Waals surface area contributed by atoms with Gasteiger partial charge in [-0.3, -0.25) is 19.7 Å². The molecule has 0 aromatic heterocycles. The Morgan fingerprint density at radius 2 is 1.20 bits per heavy atom. The first-order valence-corrected chi connectivity index (χ1v) is 8.74. The highest BCUT2D eigenvalue weighted by molar-refractivity contribution is 6.12. The van der Waals surface area contributed by atoms with Crippen molar-refractivity contribution in [1.29, 1.82) is 0 Å². The van der Waals surface area contributed by atoms with Crippen LogP contribution in [-0.4, -0.2) is 33.9 Å². The average molecular weight is 404 g/mol. The lowest BCUT2D eigenvalue weighted by molar-refractivity contribution is 0.0691. The Kier molecular flexibility index (Phi) is 5.88. The smallest absolute Gasteiger partial charge is 0.336 e. The molecule has 3 amide bonds. The maximum absolute atomic E-state index is 12.4. The lowest BCUT2D eigenvalue weighted by Crippen LogP contribution is -2.30. The third kappa shape index (κ3) is 4.50. The molecule has 0 saturated heterocycles. The molecule has 0 radical (unpaired) electrons. The van der Waals surface area contributed by atoms with E-state index in [-0.39, 0.29) is 28.0 Å². The van der Waals surface area contributed by atoms with Gasteiger partial charge in [-0.2, -0.15) is 0 Å². The van der Waals surface area contributed by atoms with Gasteiger partial charge >= 0.3 is 5.97 Å². The molecule has 4 N–H and O–H groups in total. The molecular formula is C22H16N2O6. The summed E-state index contributed by atoms with van der Waals surface area (Å²) in [6.45, 7) is 0. The van der Waals surface area contributed by atoms with Crippen LogP contribution in [0.2, 0.25) is 0 Å². The molecule has 30 heavy (non-hydrogen) atoms. The minimum absolute atomic E-state index is 0.0000788. The molecule has 0 atom stereocenters. The van der Waals surface area contributed by atoms with Gasteiger partial charge in [0.2, 0.25) is 0 Å². The number of carboxylic acids is 1. The number of nitrogens with one attached hydrogen (secondary N) is 2. The number of aromatic carboxylic acids is 1. The predicted octanol–water partition coefficient (Wildman–Crippen LogP) is 2.91.